The maximum Gasteiger partial charge on any atom is 0.0107 e. The standard InChI is InChI=1S/C14H30N2/c1-4-16(12-14-6-5-7-14)11-10-15-9-8-13(2)3/h13-15H,4-12H2,1-3H3. The van der Waals surface area contributed by atoms with Crippen molar-refractivity contribution >= 4 is 0 Å². The van der Waals surface area contributed by atoms with E-state index in [4.69, 9.17) is 0 Å². The van der Waals surface area contributed by atoms with E-state index >= 15 is 0 Å². The molecular weight excluding hydrogens is 196 g/mol. The summed E-state index contributed by atoms with van der Waals surface area (Å²) in [6, 6.07) is 0. The zero-order valence-electron chi connectivity index (χ0n) is 11.5. The first-order valence-corrected chi connectivity index (χ1v) is 7.15. The lowest BCUT2D eigenvalue weighted by Crippen LogP contribution is -2.37. The predicted molar refractivity (Wildman–Crippen MR) is 71.8 cm³/mol. The summed E-state index contributed by atoms with van der Waals surface area (Å²) in [6.07, 6.45) is 5.71. The molecule has 1 rings (SSSR count). The first-order valence-electron chi connectivity index (χ1n) is 7.15. The SMILES string of the molecule is CCN(CCNCCC(C)C)CC1CCC1. The molecule has 0 aliphatic heterocycles. The smallest absolute Gasteiger partial charge is 0.0107 e. The molecule has 0 aromatic heterocycles. The summed E-state index contributed by atoms with van der Waals surface area (Å²) in [5.41, 5.74) is 0. The number of hydrogen-bond donors (Lipinski definition) is 1. The highest BCUT2D eigenvalue weighted by atomic mass is 15.1. The fraction of sp³-hybridized carbons (Fsp3) is 1.00. The van der Waals surface area contributed by atoms with Crippen LogP contribution in [-0.2, 0) is 0 Å². The van der Waals surface area contributed by atoms with Crippen LogP contribution < -0.4 is 5.32 Å². The summed E-state index contributed by atoms with van der Waals surface area (Å²) in [4.78, 5) is 2.60. The minimum Gasteiger partial charge on any atom is -0.315 e. The lowest BCUT2D eigenvalue weighted by atomic mass is 9.85. The fourth-order valence-electron chi connectivity index (χ4n) is 2.17. The highest BCUT2D eigenvalue weighted by molar-refractivity contribution is 4.73. The van der Waals surface area contributed by atoms with Gasteiger partial charge in [0, 0.05) is 19.6 Å². The molecule has 2 heteroatoms. The zero-order chi connectivity index (χ0) is 11.8. The second-order valence-electron chi connectivity index (χ2n) is 5.62. The van der Waals surface area contributed by atoms with Crippen molar-refractivity contribution in [1.29, 1.82) is 0 Å². The van der Waals surface area contributed by atoms with Crippen LogP contribution in [0.1, 0.15) is 46.5 Å². The molecule has 1 aliphatic carbocycles. The molecule has 1 aliphatic rings. The lowest BCUT2D eigenvalue weighted by Gasteiger charge is -2.31. The van der Waals surface area contributed by atoms with Crippen LogP contribution in [0.4, 0.5) is 0 Å². The van der Waals surface area contributed by atoms with E-state index in [1.54, 1.807) is 0 Å². The second kappa shape index (κ2) is 8.08. The first-order chi connectivity index (χ1) is 7.72. The van der Waals surface area contributed by atoms with E-state index < -0.39 is 0 Å². The van der Waals surface area contributed by atoms with Crippen molar-refractivity contribution in [2.45, 2.75) is 46.5 Å². The first kappa shape index (κ1) is 14.0. The van der Waals surface area contributed by atoms with Crippen LogP contribution in [0.15, 0.2) is 0 Å². The van der Waals surface area contributed by atoms with Crippen LogP contribution in [0.5, 0.6) is 0 Å². The van der Waals surface area contributed by atoms with Gasteiger partial charge >= 0.3 is 0 Å². The Morgan fingerprint density at radius 1 is 1.25 bits per heavy atom. The molecule has 0 heterocycles. The van der Waals surface area contributed by atoms with Crippen LogP contribution in [0, 0.1) is 11.8 Å². The quantitative estimate of drug-likeness (QED) is 0.608. The molecule has 1 N–H and O–H groups in total. The third-order valence-corrected chi connectivity index (χ3v) is 3.69. The molecule has 0 aromatic rings. The van der Waals surface area contributed by atoms with Gasteiger partial charge in [0.2, 0.25) is 0 Å². The lowest BCUT2D eigenvalue weighted by molar-refractivity contribution is 0.184. The molecule has 0 atom stereocenters. The number of nitrogens with zero attached hydrogens (tertiary/aromatic N) is 1. The highest BCUT2D eigenvalue weighted by Gasteiger charge is 2.19. The molecular formula is C14H30N2. The Morgan fingerprint density at radius 3 is 2.50 bits per heavy atom. The molecule has 1 fully saturated rings. The minimum atomic E-state index is 0.824. The predicted octanol–water partition coefficient (Wildman–Crippen LogP) is 2.74. The van der Waals surface area contributed by atoms with E-state index in [0.29, 0.717) is 0 Å². The molecule has 0 amide bonds. The van der Waals surface area contributed by atoms with E-state index in [9.17, 15) is 0 Å². The van der Waals surface area contributed by atoms with Crippen molar-refractivity contribution in [3.63, 3.8) is 0 Å². The third kappa shape index (κ3) is 5.86. The van der Waals surface area contributed by atoms with Gasteiger partial charge in [0.15, 0.2) is 0 Å². The molecule has 0 spiro atoms. The van der Waals surface area contributed by atoms with Gasteiger partial charge in [-0.15, -0.1) is 0 Å². The van der Waals surface area contributed by atoms with Crippen molar-refractivity contribution < 1.29 is 0 Å². The van der Waals surface area contributed by atoms with Crippen molar-refractivity contribution in [1.82, 2.24) is 10.2 Å². The van der Waals surface area contributed by atoms with Gasteiger partial charge in [0.05, 0.1) is 0 Å². The molecule has 0 radical (unpaired) electrons. The fourth-order valence-corrected chi connectivity index (χ4v) is 2.17. The molecule has 1 saturated carbocycles. The van der Waals surface area contributed by atoms with Gasteiger partial charge in [-0.2, -0.15) is 0 Å². The van der Waals surface area contributed by atoms with Crippen LogP contribution in [0.3, 0.4) is 0 Å². The molecule has 16 heavy (non-hydrogen) atoms. The average molecular weight is 226 g/mol. The third-order valence-electron chi connectivity index (χ3n) is 3.69. The Morgan fingerprint density at radius 2 is 2.00 bits per heavy atom. The summed E-state index contributed by atoms with van der Waals surface area (Å²) < 4.78 is 0. The van der Waals surface area contributed by atoms with Gasteiger partial charge in [0.25, 0.3) is 0 Å². The molecule has 0 aromatic carbocycles. The molecule has 0 unspecified atom stereocenters. The molecule has 2 nitrogen and oxygen atoms in total. The van der Waals surface area contributed by atoms with Crippen LogP contribution in [-0.4, -0.2) is 37.6 Å². The van der Waals surface area contributed by atoms with Crippen molar-refractivity contribution in [2.75, 3.05) is 32.7 Å². The summed E-state index contributed by atoms with van der Waals surface area (Å²) in [7, 11) is 0. The van der Waals surface area contributed by atoms with Gasteiger partial charge in [-0.25, -0.2) is 0 Å². The van der Waals surface area contributed by atoms with Gasteiger partial charge in [-0.3, -0.25) is 0 Å². The monoisotopic (exact) mass is 226 g/mol. The Kier molecular flexibility index (Phi) is 7.06. The summed E-state index contributed by atoms with van der Waals surface area (Å²) in [6.45, 7) is 13.0. The minimum absolute atomic E-state index is 0.824. The van der Waals surface area contributed by atoms with Gasteiger partial charge in [0.1, 0.15) is 0 Å². The van der Waals surface area contributed by atoms with Crippen LogP contribution >= 0.6 is 0 Å². The van der Waals surface area contributed by atoms with Crippen molar-refractivity contribution in [3.8, 4) is 0 Å². The molecule has 96 valence electrons. The number of hydrogen-bond acceptors (Lipinski definition) is 2. The van der Waals surface area contributed by atoms with Crippen molar-refractivity contribution in [3.05, 3.63) is 0 Å². The molecule has 0 bridgehead atoms. The molecule has 0 saturated heterocycles. The van der Waals surface area contributed by atoms with E-state index in [1.807, 2.05) is 0 Å². The van der Waals surface area contributed by atoms with Crippen molar-refractivity contribution in [2.24, 2.45) is 11.8 Å². The Hall–Kier alpha value is -0.0800. The maximum atomic E-state index is 3.55. The highest BCUT2D eigenvalue weighted by Crippen LogP contribution is 2.26. The van der Waals surface area contributed by atoms with Crippen LogP contribution in [0.2, 0.25) is 0 Å². The van der Waals surface area contributed by atoms with Gasteiger partial charge in [-0.1, -0.05) is 27.2 Å². The van der Waals surface area contributed by atoms with E-state index in [-0.39, 0.29) is 0 Å². The Balaban J connectivity index is 1.95. The Bertz CT molecular complexity index is 164. The Labute approximate surface area is 102 Å². The maximum absolute atomic E-state index is 3.55. The number of likely N-dealkylation sites (N-methyl/N-ethyl adjacent to an activating group) is 1. The van der Waals surface area contributed by atoms with E-state index in [1.165, 1.54) is 51.9 Å². The summed E-state index contributed by atoms with van der Waals surface area (Å²) in [5, 5.41) is 3.55. The van der Waals surface area contributed by atoms with Gasteiger partial charge in [-0.05, 0) is 44.2 Å². The summed E-state index contributed by atoms with van der Waals surface area (Å²) in [5.74, 6) is 1.83. The largest absolute Gasteiger partial charge is 0.315 e. The van der Waals surface area contributed by atoms with E-state index in [0.717, 1.165) is 18.4 Å². The van der Waals surface area contributed by atoms with Gasteiger partial charge < -0.3 is 10.2 Å². The number of rotatable bonds is 9. The zero-order valence-corrected chi connectivity index (χ0v) is 11.5. The average Bonchev–Trinajstić information content (AvgIpc) is 2.19. The van der Waals surface area contributed by atoms with Crippen LogP contribution in [0.25, 0.3) is 0 Å². The number of nitrogens with one attached hydrogen (secondary N) is 1. The second-order valence-corrected chi connectivity index (χ2v) is 5.62. The summed E-state index contributed by atoms with van der Waals surface area (Å²) >= 11 is 0. The topological polar surface area (TPSA) is 15.3 Å². The van der Waals surface area contributed by atoms with E-state index in [2.05, 4.69) is 31.0 Å². The normalized spacial score (nSPS) is 17.1.